The zero-order chi connectivity index (χ0) is 17.9. The van der Waals surface area contributed by atoms with Crippen LogP contribution in [0, 0.1) is 6.92 Å². The van der Waals surface area contributed by atoms with Gasteiger partial charge in [0.1, 0.15) is 12.1 Å². The van der Waals surface area contributed by atoms with Gasteiger partial charge in [0.05, 0.1) is 0 Å². The van der Waals surface area contributed by atoms with Crippen LogP contribution in [0.25, 0.3) is 0 Å². The van der Waals surface area contributed by atoms with Crippen LogP contribution in [-0.4, -0.2) is 70.5 Å². The van der Waals surface area contributed by atoms with Crippen molar-refractivity contribution >= 4 is 11.7 Å². The molecule has 4 rings (SSSR count). The second kappa shape index (κ2) is 7.91. The van der Waals surface area contributed by atoms with Crippen LogP contribution in [0.3, 0.4) is 0 Å². The minimum atomic E-state index is 0.352. The van der Waals surface area contributed by atoms with Crippen molar-refractivity contribution in [3.63, 3.8) is 0 Å². The van der Waals surface area contributed by atoms with Crippen molar-refractivity contribution < 1.29 is 4.79 Å². The summed E-state index contributed by atoms with van der Waals surface area (Å²) in [7, 11) is 0. The Morgan fingerprint density at radius 2 is 1.81 bits per heavy atom. The number of aryl methyl sites for hydroxylation is 1. The van der Waals surface area contributed by atoms with Crippen LogP contribution >= 0.6 is 0 Å². The van der Waals surface area contributed by atoms with Crippen molar-refractivity contribution in [2.75, 3.05) is 37.6 Å². The highest BCUT2D eigenvalue weighted by Gasteiger charge is 2.36. The summed E-state index contributed by atoms with van der Waals surface area (Å²) in [5, 5.41) is 0. The maximum Gasteiger partial charge on any atom is 0.222 e. The number of nitrogens with zero attached hydrogens (tertiary/aromatic N) is 5. The minimum absolute atomic E-state index is 0.352. The third kappa shape index (κ3) is 4.17. The Morgan fingerprint density at radius 1 is 1.04 bits per heavy atom. The molecule has 2 saturated heterocycles. The lowest BCUT2D eigenvalue weighted by atomic mass is 10.0. The van der Waals surface area contributed by atoms with Crippen LogP contribution in [0.2, 0.25) is 0 Å². The second-order valence-electron chi connectivity index (χ2n) is 8.07. The van der Waals surface area contributed by atoms with Gasteiger partial charge in [-0.1, -0.05) is 0 Å². The summed E-state index contributed by atoms with van der Waals surface area (Å²) >= 11 is 0. The molecule has 6 heteroatoms. The largest absolute Gasteiger partial charge is 0.350 e. The molecule has 1 aromatic rings. The van der Waals surface area contributed by atoms with E-state index in [0.717, 1.165) is 57.1 Å². The van der Waals surface area contributed by atoms with Crippen LogP contribution in [0.1, 0.15) is 50.6 Å². The number of hydrogen-bond donors (Lipinski definition) is 0. The summed E-state index contributed by atoms with van der Waals surface area (Å²) in [5.74, 6) is 1.46. The molecule has 6 nitrogen and oxygen atoms in total. The number of amides is 1. The maximum atomic E-state index is 12.0. The Labute approximate surface area is 156 Å². The molecule has 142 valence electrons. The van der Waals surface area contributed by atoms with Gasteiger partial charge in [0.2, 0.25) is 5.91 Å². The van der Waals surface area contributed by atoms with E-state index < -0.39 is 0 Å². The third-order valence-electron chi connectivity index (χ3n) is 6.05. The third-order valence-corrected chi connectivity index (χ3v) is 6.05. The Hall–Kier alpha value is -1.69. The van der Waals surface area contributed by atoms with E-state index >= 15 is 0 Å². The predicted molar refractivity (Wildman–Crippen MR) is 102 cm³/mol. The Kier molecular flexibility index (Phi) is 5.38. The van der Waals surface area contributed by atoms with Crippen molar-refractivity contribution in [3.05, 3.63) is 18.1 Å². The molecule has 0 unspecified atom stereocenters. The van der Waals surface area contributed by atoms with Crippen LogP contribution in [0.5, 0.6) is 0 Å². The molecule has 0 bridgehead atoms. The first kappa shape index (κ1) is 17.7. The molecule has 0 spiro atoms. The number of anilines is 1. The number of likely N-dealkylation sites (tertiary alicyclic amines) is 2. The van der Waals surface area contributed by atoms with Gasteiger partial charge in [0, 0.05) is 63.0 Å². The van der Waals surface area contributed by atoms with Crippen molar-refractivity contribution in [3.8, 4) is 0 Å². The molecule has 3 fully saturated rings. The van der Waals surface area contributed by atoms with Gasteiger partial charge < -0.3 is 14.7 Å². The molecule has 0 atom stereocenters. The monoisotopic (exact) mass is 357 g/mol. The van der Waals surface area contributed by atoms with Crippen molar-refractivity contribution in [2.24, 2.45) is 0 Å². The molecular formula is C20H31N5O. The van der Waals surface area contributed by atoms with E-state index in [9.17, 15) is 4.79 Å². The molecule has 3 heterocycles. The summed E-state index contributed by atoms with van der Waals surface area (Å²) in [4.78, 5) is 27.9. The maximum absolute atomic E-state index is 12.0. The van der Waals surface area contributed by atoms with E-state index in [0.29, 0.717) is 18.0 Å². The summed E-state index contributed by atoms with van der Waals surface area (Å²) in [6.07, 6.45) is 9.64. The SMILES string of the molecule is Cc1cc(N(C2CC2)C2CCN(CCN3CCCCC3=O)CC2)ncn1. The Balaban J connectivity index is 1.30. The number of aromatic nitrogens is 2. The number of carbonyl (C=O) groups is 1. The second-order valence-corrected chi connectivity index (χ2v) is 8.07. The number of hydrogen-bond acceptors (Lipinski definition) is 5. The average molecular weight is 358 g/mol. The van der Waals surface area contributed by atoms with Gasteiger partial charge in [-0.3, -0.25) is 4.79 Å². The highest BCUT2D eigenvalue weighted by Crippen LogP contribution is 2.35. The zero-order valence-electron chi connectivity index (χ0n) is 15.9. The normalized spacial score (nSPS) is 22.7. The first-order valence-corrected chi connectivity index (χ1v) is 10.3. The summed E-state index contributed by atoms with van der Waals surface area (Å²) in [6.45, 7) is 7.17. The Bertz CT molecular complexity index is 624. The van der Waals surface area contributed by atoms with Crippen LogP contribution < -0.4 is 4.90 Å². The lowest BCUT2D eigenvalue weighted by Gasteiger charge is -2.40. The number of carbonyl (C=O) groups excluding carboxylic acids is 1. The molecule has 1 aromatic heterocycles. The average Bonchev–Trinajstić information content (AvgIpc) is 3.47. The van der Waals surface area contributed by atoms with Crippen LogP contribution in [0.15, 0.2) is 12.4 Å². The number of rotatable bonds is 6. The lowest BCUT2D eigenvalue weighted by Crippen LogP contribution is -2.48. The van der Waals surface area contributed by atoms with E-state index in [-0.39, 0.29) is 0 Å². The molecule has 1 amide bonds. The molecule has 26 heavy (non-hydrogen) atoms. The van der Waals surface area contributed by atoms with Crippen molar-refractivity contribution in [1.29, 1.82) is 0 Å². The molecule has 0 radical (unpaired) electrons. The first-order valence-electron chi connectivity index (χ1n) is 10.3. The number of piperidine rings is 2. The molecule has 3 aliphatic rings. The van der Waals surface area contributed by atoms with E-state index in [4.69, 9.17) is 0 Å². The van der Waals surface area contributed by atoms with Crippen molar-refractivity contribution in [2.45, 2.75) is 64.0 Å². The molecule has 1 saturated carbocycles. The van der Waals surface area contributed by atoms with E-state index in [1.807, 2.05) is 6.92 Å². The fraction of sp³-hybridized carbons (Fsp3) is 0.750. The molecule has 0 aromatic carbocycles. The van der Waals surface area contributed by atoms with Gasteiger partial charge >= 0.3 is 0 Å². The molecule has 2 aliphatic heterocycles. The quantitative estimate of drug-likeness (QED) is 0.781. The van der Waals surface area contributed by atoms with E-state index in [2.05, 4.69) is 30.7 Å². The molecule has 1 aliphatic carbocycles. The minimum Gasteiger partial charge on any atom is -0.350 e. The van der Waals surface area contributed by atoms with Gasteiger partial charge in [-0.25, -0.2) is 9.97 Å². The fourth-order valence-electron chi connectivity index (χ4n) is 4.39. The van der Waals surface area contributed by atoms with Crippen LogP contribution in [-0.2, 0) is 4.79 Å². The highest BCUT2D eigenvalue weighted by atomic mass is 16.2. The summed E-state index contributed by atoms with van der Waals surface area (Å²) < 4.78 is 0. The first-order chi connectivity index (χ1) is 12.7. The van der Waals surface area contributed by atoms with Gasteiger partial charge in [0.15, 0.2) is 0 Å². The van der Waals surface area contributed by atoms with Gasteiger partial charge in [-0.15, -0.1) is 0 Å². The Morgan fingerprint density at radius 3 is 2.50 bits per heavy atom. The highest BCUT2D eigenvalue weighted by molar-refractivity contribution is 5.76. The van der Waals surface area contributed by atoms with Crippen molar-refractivity contribution in [1.82, 2.24) is 19.8 Å². The van der Waals surface area contributed by atoms with E-state index in [1.54, 1.807) is 6.33 Å². The molecule has 0 N–H and O–H groups in total. The summed E-state index contributed by atoms with van der Waals surface area (Å²) in [5.41, 5.74) is 1.05. The summed E-state index contributed by atoms with van der Waals surface area (Å²) in [6, 6.07) is 3.39. The topological polar surface area (TPSA) is 52.6 Å². The predicted octanol–water partition coefficient (Wildman–Crippen LogP) is 2.23. The van der Waals surface area contributed by atoms with Gasteiger partial charge in [0.25, 0.3) is 0 Å². The van der Waals surface area contributed by atoms with Gasteiger partial charge in [-0.2, -0.15) is 0 Å². The van der Waals surface area contributed by atoms with E-state index in [1.165, 1.54) is 32.1 Å². The lowest BCUT2D eigenvalue weighted by molar-refractivity contribution is -0.133. The fourth-order valence-corrected chi connectivity index (χ4v) is 4.39. The van der Waals surface area contributed by atoms with Crippen LogP contribution in [0.4, 0.5) is 5.82 Å². The van der Waals surface area contributed by atoms with Gasteiger partial charge in [-0.05, 0) is 45.4 Å². The molecular weight excluding hydrogens is 326 g/mol. The smallest absolute Gasteiger partial charge is 0.222 e. The zero-order valence-corrected chi connectivity index (χ0v) is 15.9. The standard InChI is InChI=1S/C20H31N5O/c1-16-14-19(22-15-21-16)25(17-5-6-17)18-7-10-23(11-8-18)12-13-24-9-3-2-4-20(24)26/h14-15,17-18H,2-13H2,1H3.